The van der Waals surface area contributed by atoms with Gasteiger partial charge in [-0.25, -0.2) is 18.2 Å². The van der Waals surface area contributed by atoms with Crippen LogP contribution in [0.25, 0.3) is 5.65 Å². The number of hydrogen-bond acceptors (Lipinski definition) is 6. The summed E-state index contributed by atoms with van der Waals surface area (Å²) in [6.45, 7) is 5.13. The molecule has 1 aliphatic heterocycles. The van der Waals surface area contributed by atoms with Crippen molar-refractivity contribution in [2.45, 2.75) is 33.2 Å². The van der Waals surface area contributed by atoms with E-state index in [1.165, 1.54) is 0 Å². The van der Waals surface area contributed by atoms with Gasteiger partial charge in [0.2, 0.25) is 5.78 Å². The molecule has 8 nitrogen and oxygen atoms in total. The molecular weight excluding hydrogens is 406 g/mol. The lowest BCUT2D eigenvalue weighted by molar-refractivity contribution is 0.0469. The lowest BCUT2D eigenvalue weighted by Gasteiger charge is -2.16. The van der Waals surface area contributed by atoms with Crippen LogP contribution in [-0.2, 0) is 14.6 Å². The van der Waals surface area contributed by atoms with Crippen molar-refractivity contribution in [3.63, 3.8) is 0 Å². The monoisotopic (exact) mass is 429 g/mol. The van der Waals surface area contributed by atoms with E-state index in [0.29, 0.717) is 23.3 Å². The maximum absolute atomic E-state index is 12.7. The van der Waals surface area contributed by atoms with E-state index >= 15 is 0 Å². The number of ketones is 1. The Hall–Kier alpha value is -2.94. The molecule has 0 bridgehead atoms. The highest BCUT2D eigenvalue weighted by Gasteiger charge is 2.31. The molecule has 1 saturated heterocycles. The van der Waals surface area contributed by atoms with E-state index in [1.807, 2.05) is 30.5 Å². The van der Waals surface area contributed by atoms with Gasteiger partial charge < -0.3 is 13.7 Å². The number of sulfone groups is 1. The van der Waals surface area contributed by atoms with E-state index in [1.54, 1.807) is 29.7 Å². The fraction of sp³-hybridized carbons (Fsp3) is 0.381. The minimum atomic E-state index is -3.04. The summed E-state index contributed by atoms with van der Waals surface area (Å²) in [6, 6.07) is 7.10. The van der Waals surface area contributed by atoms with Gasteiger partial charge >= 0.3 is 5.97 Å². The van der Waals surface area contributed by atoms with Crippen LogP contribution >= 0.6 is 0 Å². The predicted molar refractivity (Wildman–Crippen MR) is 111 cm³/mol. The second-order valence-electron chi connectivity index (χ2n) is 7.73. The zero-order valence-electron chi connectivity index (χ0n) is 17.1. The lowest BCUT2D eigenvalue weighted by atomic mass is 10.1. The Labute approximate surface area is 174 Å². The minimum absolute atomic E-state index is 0.0826. The molecule has 0 aromatic carbocycles. The van der Waals surface area contributed by atoms with E-state index in [-0.39, 0.29) is 29.0 Å². The van der Waals surface area contributed by atoms with Crippen LogP contribution in [-0.4, -0.2) is 52.2 Å². The minimum Gasteiger partial charge on any atom is -0.453 e. The highest BCUT2D eigenvalue weighted by molar-refractivity contribution is 7.91. The van der Waals surface area contributed by atoms with Crippen LogP contribution < -0.4 is 0 Å². The molecule has 0 aliphatic carbocycles. The Balaban J connectivity index is 1.48. The number of hydrogen-bond donors (Lipinski definition) is 0. The van der Waals surface area contributed by atoms with Gasteiger partial charge in [0, 0.05) is 34.9 Å². The van der Waals surface area contributed by atoms with Crippen LogP contribution in [0.1, 0.15) is 50.4 Å². The van der Waals surface area contributed by atoms with Crippen LogP contribution in [0, 0.1) is 20.8 Å². The van der Waals surface area contributed by atoms with Crippen molar-refractivity contribution < 1.29 is 22.7 Å². The first-order valence-corrected chi connectivity index (χ1v) is 11.5. The fourth-order valence-corrected chi connectivity index (χ4v) is 5.83. The molecule has 0 N–H and O–H groups in total. The molecule has 3 aromatic heterocycles. The van der Waals surface area contributed by atoms with Crippen molar-refractivity contribution in [2.75, 3.05) is 18.1 Å². The number of nitrogens with zero attached hydrogens (tertiary/aromatic N) is 3. The number of aromatic nitrogens is 3. The van der Waals surface area contributed by atoms with Gasteiger partial charge in [-0.05, 0) is 45.4 Å². The number of carbonyl (C=O) groups excluding carboxylic acids is 2. The van der Waals surface area contributed by atoms with Crippen LogP contribution in [0.3, 0.4) is 0 Å². The molecule has 1 aliphatic rings. The Morgan fingerprint density at radius 2 is 1.97 bits per heavy atom. The van der Waals surface area contributed by atoms with Gasteiger partial charge in [-0.1, -0.05) is 6.07 Å². The van der Waals surface area contributed by atoms with E-state index in [0.717, 1.165) is 11.4 Å². The van der Waals surface area contributed by atoms with Crippen molar-refractivity contribution >= 4 is 27.2 Å². The SMILES string of the molecule is Cc1cc(C(=O)COC(=O)c2cn3c(C)cccc3n2)c(C)n1C1CCS(=O)(=O)C1. The number of ether oxygens (including phenoxy) is 1. The zero-order chi connectivity index (χ0) is 21.6. The van der Waals surface area contributed by atoms with E-state index in [9.17, 15) is 18.0 Å². The number of imidazole rings is 1. The maximum atomic E-state index is 12.7. The van der Waals surface area contributed by atoms with Crippen molar-refractivity contribution in [1.82, 2.24) is 14.0 Å². The summed E-state index contributed by atoms with van der Waals surface area (Å²) >= 11 is 0. The summed E-state index contributed by atoms with van der Waals surface area (Å²) < 4.78 is 32.6. The van der Waals surface area contributed by atoms with Crippen molar-refractivity contribution in [3.8, 4) is 0 Å². The molecule has 0 amide bonds. The van der Waals surface area contributed by atoms with Gasteiger partial charge in [-0.3, -0.25) is 4.79 Å². The third-order valence-corrected chi connectivity index (χ3v) is 7.35. The predicted octanol–water partition coefficient (Wildman–Crippen LogP) is 2.46. The molecule has 158 valence electrons. The van der Waals surface area contributed by atoms with Crippen LogP contribution in [0.2, 0.25) is 0 Å². The summed E-state index contributed by atoms with van der Waals surface area (Å²) in [7, 11) is -3.04. The Bertz CT molecular complexity index is 1270. The quantitative estimate of drug-likeness (QED) is 0.456. The van der Waals surface area contributed by atoms with E-state index < -0.39 is 22.4 Å². The average molecular weight is 429 g/mol. The molecule has 1 atom stereocenters. The first kappa shape index (κ1) is 20.3. The number of aryl methyl sites for hydroxylation is 2. The largest absolute Gasteiger partial charge is 0.453 e. The van der Waals surface area contributed by atoms with Crippen molar-refractivity contribution in [2.24, 2.45) is 0 Å². The molecule has 4 heterocycles. The molecule has 30 heavy (non-hydrogen) atoms. The Morgan fingerprint density at radius 1 is 1.20 bits per heavy atom. The smallest absolute Gasteiger partial charge is 0.359 e. The lowest BCUT2D eigenvalue weighted by Crippen LogP contribution is -2.17. The average Bonchev–Trinajstić information content (AvgIpc) is 3.35. The number of Topliss-reactive ketones (excluding diaryl/α,β-unsaturated/α-hetero) is 1. The third kappa shape index (κ3) is 3.65. The summed E-state index contributed by atoms with van der Waals surface area (Å²) in [6.07, 6.45) is 2.12. The van der Waals surface area contributed by atoms with Gasteiger partial charge in [-0.2, -0.15) is 0 Å². The fourth-order valence-electron chi connectivity index (χ4n) is 4.13. The molecule has 0 radical (unpaired) electrons. The van der Waals surface area contributed by atoms with Crippen molar-refractivity contribution in [3.05, 3.63) is 58.8 Å². The molecule has 1 fully saturated rings. The van der Waals surface area contributed by atoms with Crippen molar-refractivity contribution in [1.29, 1.82) is 0 Å². The number of fused-ring (bicyclic) bond motifs is 1. The zero-order valence-corrected chi connectivity index (χ0v) is 17.9. The summed E-state index contributed by atoms with van der Waals surface area (Å²) in [5.41, 5.74) is 3.65. The molecule has 1 unspecified atom stereocenters. The molecular formula is C21H23N3O5S. The van der Waals surface area contributed by atoms with Crippen LogP contribution in [0.5, 0.6) is 0 Å². The molecule has 4 rings (SSSR count). The second kappa shape index (κ2) is 7.39. The molecule has 0 saturated carbocycles. The standard InChI is InChI=1S/C21H23N3O5S/c1-13-5-4-6-20-22-18(10-23(13)20)21(26)29-11-19(25)17-9-14(2)24(15(17)3)16-7-8-30(27,28)12-16/h4-6,9-10,16H,7-8,11-12H2,1-3H3. The van der Waals surface area contributed by atoms with E-state index in [2.05, 4.69) is 4.98 Å². The van der Waals surface area contributed by atoms with Gasteiger partial charge in [0.25, 0.3) is 0 Å². The molecule has 3 aromatic rings. The first-order chi connectivity index (χ1) is 14.2. The normalized spacial score (nSPS) is 18.0. The topological polar surface area (TPSA) is 99.7 Å². The second-order valence-corrected chi connectivity index (χ2v) is 9.96. The summed E-state index contributed by atoms with van der Waals surface area (Å²) in [5.74, 6) is -0.751. The molecule has 9 heteroatoms. The third-order valence-electron chi connectivity index (χ3n) is 5.60. The number of carbonyl (C=O) groups is 2. The first-order valence-electron chi connectivity index (χ1n) is 9.70. The Kier molecular flexibility index (Phi) is 5.01. The number of rotatable bonds is 5. The van der Waals surface area contributed by atoms with Crippen LogP contribution in [0.4, 0.5) is 0 Å². The summed E-state index contributed by atoms with van der Waals surface area (Å²) in [5, 5.41) is 0. The van der Waals surface area contributed by atoms with Gasteiger partial charge in [0.1, 0.15) is 5.65 Å². The van der Waals surface area contributed by atoms with Gasteiger partial charge in [0.15, 0.2) is 22.1 Å². The van der Waals surface area contributed by atoms with Crippen LogP contribution in [0.15, 0.2) is 30.5 Å². The number of esters is 1. The Morgan fingerprint density at radius 3 is 2.63 bits per heavy atom. The van der Waals surface area contributed by atoms with Gasteiger partial charge in [0.05, 0.1) is 11.5 Å². The summed E-state index contributed by atoms with van der Waals surface area (Å²) in [4.78, 5) is 29.3. The highest BCUT2D eigenvalue weighted by Crippen LogP contribution is 2.29. The number of pyridine rings is 1. The molecule has 0 spiro atoms. The van der Waals surface area contributed by atoms with Gasteiger partial charge in [-0.15, -0.1) is 0 Å². The highest BCUT2D eigenvalue weighted by atomic mass is 32.2. The maximum Gasteiger partial charge on any atom is 0.359 e. The van der Waals surface area contributed by atoms with E-state index in [4.69, 9.17) is 4.74 Å².